The topological polar surface area (TPSA) is 35.2 Å². The van der Waals surface area contributed by atoms with Gasteiger partial charge >= 0.3 is 0 Å². The summed E-state index contributed by atoms with van der Waals surface area (Å²) in [6.07, 6.45) is 4.97. The lowest BCUT2D eigenvalue weighted by molar-refractivity contribution is -0.0253. The Balaban J connectivity index is 2.12. The van der Waals surface area contributed by atoms with Crippen molar-refractivity contribution in [2.45, 2.75) is 43.7 Å². The normalized spacial score (nSPS) is 20.0. The maximum Gasteiger partial charge on any atom is 0.124 e. The first-order valence-corrected chi connectivity index (χ1v) is 7.11. The number of methoxy groups -OCH3 is 1. The molecule has 1 atom stereocenters. The molecule has 1 aromatic carbocycles. The second-order valence-corrected chi connectivity index (χ2v) is 5.98. The van der Waals surface area contributed by atoms with Gasteiger partial charge in [0.25, 0.3) is 0 Å². The highest BCUT2D eigenvalue weighted by Gasteiger charge is 2.39. The summed E-state index contributed by atoms with van der Waals surface area (Å²) in [5, 5.41) is 0. The van der Waals surface area contributed by atoms with E-state index in [4.69, 9.17) is 10.5 Å². The highest BCUT2D eigenvalue weighted by molar-refractivity contribution is 9.10. The van der Waals surface area contributed by atoms with Crippen molar-refractivity contribution < 1.29 is 9.13 Å². The molecule has 0 aromatic heterocycles. The fraction of sp³-hybridized carbons (Fsp3) is 0.571. The molecule has 2 nitrogen and oxygen atoms in total. The third-order valence-corrected chi connectivity index (χ3v) is 4.37. The fourth-order valence-electron chi connectivity index (χ4n) is 2.87. The molecule has 2 N–H and O–H groups in total. The third-order valence-electron chi connectivity index (χ3n) is 3.91. The monoisotopic (exact) mass is 315 g/mol. The zero-order valence-corrected chi connectivity index (χ0v) is 12.2. The van der Waals surface area contributed by atoms with Crippen LogP contribution in [0.5, 0.6) is 0 Å². The Bertz CT molecular complexity index is 398. The van der Waals surface area contributed by atoms with Crippen molar-refractivity contribution >= 4 is 15.9 Å². The van der Waals surface area contributed by atoms with E-state index < -0.39 is 0 Å². The van der Waals surface area contributed by atoms with Gasteiger partial charge in [0, 0.05) is 17.6 Å². The van der Waals surface area contributed by atoms with Crippen LogP contribution in [0.2, 0.25) is 0 Å². The van der Waals surface area contributed by atoms with E-state index in [9.17, 15) is 4.39 Å². The van der Waals surface area contributed by atoms with Gasteiger partial charge in [0.15, 0.2) is 0 Å². The molecule has 0 aliphatic heterocycles. The predicted octanol–water partition coefficient (Wildman–Crippen LogP) is 3.42. The minimum absolute atomic E-state index is 0.0845. The van der Waals surface area contributed by atoms with E-state index in [1.165, 1.54) is 6.07 Å². The summed E-state index contributed by atoms with van der Waals surface area (Å²) in [7, 11) is 1.73. The molecule has 4 heteroatoms. The Morgan fingerprint density at radius 1 is 1.39 bits per heavy atom. The van der Waals surface area contributed by atoms with E-state index in [1.807, 2.05) is 6.07 Å². The highest BCUT2D eigenvalue weighted by Crippen LogP contribution is 2.36. The van der Waals surface area contributed by atoms with Crippen LogP contribution in [0.15, 0.2) is 22.7 Å². The second kappa shape index (κ2) is 5.68. The van der Waals surface area contributed by atoms with Gasteiger partial charge in [0.05, 0.1) is 5.60 Å². The first kappa shape index (κ1) is 14.0. The van der Waals surface area contributed by atoms with Crippen LogP contribution >= 0.6 is 15.9 Å². The zero-order valence-electron chi connectivity index (χ0n) is 10.6. The summed E-state index contributed by atoms with van der Waals surface area (Å²) in [5.41, 5.74) is 6.99. The average molecular weight is 316 g/mol. The summed E-state index contributed by atoms with van der Waals surface area (Å²) >= 11 is 3.30. The van der Waals surface area contributed by atoms with Crippen molar-refractivity contribution in [3.8, 4) is 0 Å². The van der Waals surface area contributed by atoms with Gasteiger partial charge in [0.1, 0.15) is 5.82 Å². The van der Waals surface area contributed by atoms with Crippen molar-refractivity contribution in [2.24, 2.45) is 5.73 Å². The van der Waals surface area contributed by atoms with E-state index in [0.29, 0.717) is 6.42 Å². The van der Waals surface area contributed by atoms with Crippen LogP contribution in [-0.2, 0) is 11.2 Å². The highest BCUT2D eigenvalue weighted by atomic mass is 79.9. The van der Waals surface area contributed by atoms with Crippen LogP contribution in [0, 0.1) is 5.82 Å². The standard InChI is InChI=1S/C14H19BrFNO/c1-18-14(4-2-3-5-14)13(17)8-10-6-11(15)9-12(16)7-10/h6-7,9,13H,2-5,8,17H2,1H3. The molecule has 1 unspecified atom stereocenters. The molecule has 1 fully saturated rings. The smallest absolute Gasteiger partial charge is 0.124 e. The van der Waals surface area contributed by atoms with Crippen molar-refractivity contribution in [2.75, 3.05) is 7.11 Å². The number of hydrogen-bond acceptors (Lipinski definition) is 2. The Morgan fingerprint density at radius 2 is 2.06 bits per heavy atom. The van der Waals surface area contributed by atoms with Crippen molar-refractivity contribution in [3.05, 3.63) is 34.1 Å². The van der Waals surface area contributed by atoms with Gasteiger partial charge in [-0.2, -0.15) is 0 Å². The number of hydrogen-bond donors (Lipinski definition) is 1. The van der Waals surface area contributed by atoms with E-state index in [-0.39, 0.29) is 17.5 Å². The van der Waals surface area contributed by atoms with E-state index >= 15 is 0 Å². The lowest BCUT2D eigenvalue weighted by atomic mass is 9.88. The van der Waals surface area contributed by atoms with Crippen molar-refractivity contribution in [1.82, 2.24) is 0 Å². The summed E-state index contributed by atoms with van der Waals surface area (Å²) < 4.78 is 19.7. The van der Waals surface area contributed by atoms with Crippen LogP contribution < -0.4 is 5.73 Å². The molecule has 0 bridgehead atoms. The van der Waals surface area contributed by atoms with Gasteiger partial charge in [-0.1, -0.05) is 28.8 Å². The summed E-state index contributed by atoms with van der Waals surface area (Å²) in [5.74, 6) is -0.232. The molecule has 1 saturated carbocycles. The van der Waals surface area contributed by atoms with Gasteiger partial charge < -0.3 is 10.5 Å². The fourth-order valence-corrected chi connectivity index (χ4v) is 3.38. The van der Waals surface area contributed by atoms with Gasteiger partial charge in [-0.25, -0.2) is 4.39 Å². The molecule has 100 valence electrons. The number of ether oxygens (including phenoxy) is 1. The largest absolute Gasteiger partial charge is 0.377 e. The molecule has 0 spiro atoms. The van der Waals surface area contributed by atoms with Gasteiger partial charge in [-0.3, -0.25) is 0 Å². The minimum Gasteiger partial charge on any atom is -0.377 e. The third kappa shape index (κ3) is 2.92. The molecule has 1 aromatic rings. The molecular weight excluding hydrogens is 297 g/mol. The first-order chi connectivity index (χ1) is 8.55. The molecular formula is C14H19BrFNO. The molecule has 1 aliphatic carbocycles. The Labute approximate surface area is 116 Å². The Hall–Kier alpha value is -0.450. The lowest BCUT2D eigenvalue weighted by Gasteiger charge is -2.34. The van der Waals surface area contributed by atoms with Gasteiger partial charge in [0.2, 0.25) is 0 Å². The number of benzene rings is 1. The van der Waals surface area contributed by atoms with E-state index in [1.54, 1.807) is 13.2 Å². The van der Waals surface area contributed by atoms with Gasteiger partial charge in [-0.05, 0) is 43.0 Å². The summed E-state index contributed by atoms with van der Waals surface area (Å²) in [6, 6.07) is 4.83. The molecule has 0 amide bonds. The number of rotatable bonds is 4. The van der Waals surface area contributed by atoms with Crippen LogP contribution in [0.3, 0.4) is 0 Å². The average Bonchev–Trinajstić information content (AvgIpc) is 2.77. The van der Waals surface area contributed by atoms with Crippen LogP contribution in [0.4, 0.5) is 4.39 Å². The van der Waals surface area contributed by atoms with Gasteiger partial charge in [-0.15, -0.1) is 0 Å². The molecule has 2 rings (SSSR count). The summed E-state index contributed by atoms with van der Waals surface area (Å²) in [6.45, 7) is 0. The summed E-state index contributed by atoms with van der Waals surface area (Å²) in [4.78, 5) is 0. The Kier molecular flexibility index (Phi) is 4.41. The SMILES string of the molecule is COC1(C(N)Cc2cc(F)cc(Br)c2)CCCC1. The molecule has 0 heterocycles. The molecule has 18 heavy (non-hydrogen) atoms. The number of halogens is 2. The maximum atomic E-state index is 13.3. The van der Waals surface area contributed by atoms with E-state index in [2.05, 4.69) is 15.9 Å². The second-order valence-electron chi connectivity index (χ2n) is 5.06. The zero-order chi connectivity index (χ0) is 13.2. The van der Waals surface area contributed by atoms with Crippen LogP contribution in [0.1, 0.15) is 31.2 Å². The predicted molar refractivity (Wildman–Crippen MR) is 74.0 cm³/mol. The van der Waals surface area contributed by atoms with Crippen molar-refractivity contribution in [3.63, 3.8) is 0 Å². The van der Waals surface area contributed by atoms with E-state index in [0.717, 1.165) is 35.7 Å². The molecule has 1 aliphatic rings. The maximum absolute atomic E-state index is 13.3. The molecule has 0 radical (unpaired) electrons. The number of nitrogens with two attached hydrogens (primary N) is 1. The van der Waals surface area contributed by atoms with Crippen LogP contribution in [-0.4, -0.2) is 18.8 Å². The minimum atomic E-state index is -0.232. The van der Waals surface area contributed by atoms with Crippen molar-refractivity contribution in [1.29, 1.82) is 0 Å². The molecule has 0 saturated heterocycles. The lowest BCUT2D eigenvalue weighted by Crippen LogP contribution is -2.48. The first-order valence-electron chi connectivity index (χ1n) is 6.31. The Morgan fingerprint density at radius 3 is 2.61 bits per heavy atom. The van der Waals surface area contributed by atoms with Crippen LogP contribution in [0.25, 0.3) is 0 Å². The quantitative estimate of drug-likeness (QED) is 0.924.